The van der Waals surface area contributed by atoms with E-state index >= 15 is 0 Å². The average molecular weight is 307 g/mol. The number of hydrogen-bond acceptors (Lipinski definition) is 3. The van der Waals surface area contributed by atoms with E-state index in [-0.39, 0.29) is 18.1 Å². The van der Waals surface area contributed by atoms with E-state index in [1.54, 1.807) is 42.6 Å². The van der Waals surface area contributed by atoms with Gasteiger partial charge in [-0.05, 0) is 45.8 Å². The van der Waals surface area contributed by atoms with Gasteiger partial charge in [-0.2, -0.15) is 0 Å². The van der Waals surface area contributed by atoms with Gasteiger partial charge in [-0.15, -0.1) is 0 Å². The Morgan fingerprint density at radius 2 is 1.94 bits per heavy atom. The minimum Gasteiger partial charge on any atom is -0.508 e. The predicted molar refractivity (Wildman–Crippen MR) is 72.4 cm³/mol. The van der Waals surface area contributed by atoms with Crippen LogP contribution < -0.4 is 5.32 Å². The fourth-order valence-corrected chi connectivity index (χ4v) is 1.69. The third-order valence-electron chi connectivity index (χ3n) is 2.31. The van der Waals surface area contributed by atoms with E-state index in [9.17, 15) is 4.79 Å². The van der Waals surface area contributed by atoms with E-state index in [1.807, 2.05) is 0 Å². The molecule has 0 bridgehead atoms. The second-order valence-corrected chi connectivity index (χ2v) is 4.57. The molecule has 1 aromatic heterocycles. The zero-order chi connectivity index (χ0) is 13.0. The number of nitrogens with zero attached hydrogens (tertiary/aromatic N) is 1. The molecule has 2 rings (SSSR count). The number of amides is 1. The molecule has 1 aromatic carbocycles. The van der Waals surface area contributed by atoms with Crippen molar-refractivity contribution in [1.29, 1.82) is 0 Å². The maximum atomic E-state index is 11.7. The summed E-state index contributed by atoms with van der Waals surface area (Å²) in [6, 6.07) is 10.1. The molecule has 92 valence electrons. The molecule has 5 heteroatoms. The van der Waals surface area contributed by atoms with E-state index in [2.05, 4.69) is 26.2 Å². The Bertz CT molecular complexity index is 488. The topological polar surface area (TPSA) is 62.2 Å². The van der Waals surface area contributed by atoms with Crippen LogP contribution in [-0.4, -0.2) is 16.0 Å². The minimum atomic E-state index is -0.121. The summed E-state index contributed by atoms with van der Waals surface area (Å²) in [6.45, 7) is 0. The molecule has 0 radical (unpaired) electrons. The number of anilines is 1. The Kier molecular flexibility index (Phi) is 3.94. The van der Waals surface area contributed by atoms with Gasteiger partial charge in [-0.25, -0.2) is 4.98 Å². The molecule has 0 spiro atoms. The number of pyridine rings is 1. The van der Waals surface area contributed by atoms with Gasteiger partial charge < -0.3 is 10.4 Å². The molecule has 2 N–H and O–H groups in total. The van der Waals surface area contributed by atoms with Gasteiger partial charge in [0, 0.05) is 0 Å². The van der Waals surface area contributed by atoms with Crippen molar-refractivity contribution in [3.63, 3.8) is 0 Å². The molecule has 0 aliphatic rings. The van der Waals surface area contributed by atoms with Crippen molar-refractivity contribution in [2.24, 2.45) is 0 Å². The van der Waals surface area contributed by atoms with Crippen molar-refractivity contribution in [2.45, 2.75) is 6.42 Å². The van der Waals surface area contributed by atoms with Gasteiger partial charge >= 0.3 is 0 Å². The lowest BCUT2D eigenvalue weighted by Gasteiger charge is -2.05. The average Bonchev–Trinajstić information content (AvgIpc) is 2.35. The van der Waals surface area contributed by atoms with Crippen molar-refractivity contribution in [3.05, 3.63) is 52.8 Å². The summed E-state index contributed by atoms with van der Waals surface area (Å²) in [4.78, 5) is 15.8. The number of carbonyl (C=O) groups excluding carboxylic acids is 1. The maximum Gasteiger partial charge on any atom is 0.228 e. The summed E-state index contributed by atoms with van der Waals surface area (Å²) in [5.74, 6) is 0.0704. The lowest BCUT2D eigenvalue weighted by atomic mass is 10.1. The van der Waals surface area contributed by atoms with Crippen LogP contribution in [0, 0.1) is 0 Å². The van der Waals surface area contributed by atoms with Crippen LogP contribution in [0.1, 0.15) is 5.56 Å². The molecule has 1 heterocycles. The summed E-state index contributed by atoms with van der Waals surface area (Å²) >= 11 is 3.22. The highest BCUT2D eigenvalue weighted by molar-refractivity contribution is 9.10. The summed E-state index contributed by atoms with van der Waals surface area (Å²) in [6.07, 6.45) is 1.84. The number of carbonyl (C=O) groups is 1. The smallest absolute Gasteiger partial charge is 0.228 e. The Morgan fingerprint density at radius 3 is 2.56 bits per heavy atom. The number of aromatic nitrogens is 1. The number of benzene rings is 1. The fraction of sp³-hybridized carbons (Fsp3) is 0.0769. The van der Waals surface area contributed by atoms with Crippen molar-refractivity contribution in [1.82, 2.24) is 4.98 Å². The van der Waals surface area contributed by atoms with Gasteiger partial charge in [-0.3, -0.25) is 4.79 Å². The third kappa shape index (κ3) is 3.56. The van der Waals surface area contributed by atoms with Gasteiger partial charge in [0.05, 0.1) is 18.3 Å². The lowest BCUT2D eigenvalue weighted by molar-refractivity contribution is -0.115. The molecule has 0 unspecified atom stereocenters. The van der Waals surface area contributed by atoms with Crippen LogP contribution in [0.4, 0.5) is 5.69 Å². The van der Waals surface area contributed by atoms with Crippen molar-refractivity contribution >= 4 is 27.5 Å². The van der Waals surface area contributed by atoms with Gasteiger partial charge in [0.25, 0.3) is 0 Å². The van der Waals surface area contributed by atoms with Crippen LogP contribution in [-0.2, 0) is 11.2 Å². The standard InChI is InChI=1S/C13H11BrN2O2/c14-12-6-3-10(8-15-12)16-13(18)7-9-1-4-11(17)5-2-9/h1-6,8,17H,7H2,(H,16,18). The van der Waals surface area contributed by atoms with Crippen LogP contribution in [0.3, 0.4) is 0 Å². The van der Waals surface area contributed by atoms with Crippen LogP contribution in [0.2, 0.25) is 0 Å². The summed E-state index contributed by atoms with van der Waals surface area (Å²) in [7, 11) is 0. The lowest BCUT2D eigenvalue weighted by Crippen LogP contribution is -2.14. The minimum absolute atomic E-state index is 0.121. The largest absolute Gasteiger partial charge is 0.508 e. The number of hydrogen-bond donors (Lipinski definition) is 2. The first-order chi connectivity index (χ1) is 8.63. The molecular weight excluding hydrogens is 296 g/mol. The predicted octanol–water partition coefficient (Wildman–Crippen LogP) is 2.73. The van der Waals surface area contributed by atoms with Crippen molar-refractivity contribution in [2.75, 3.05) is 5.32 Å². The number of nitrogens with one attached hydrogen (secondary N) is 1. The Labute approximate surface area is 113 Å². The highest BCUT2D eigenvalue weighted by Crippen LogP contribution is 2.13. The molecule has 0 saturated carbocycles. The number of aromatic hydroxyl groups is 1. The number of halogens is 1. The van der Waals surface area contributed by atoms with Crippen LogP contribution >= 0.6 is 15.9 Å². The molecule has 0 saturated heterocycles. The first kappa shape index (κ1) is 12.6. The SMILES string of the molecule is O=C(Cc1ccc(O)cc1)Nc1ccc(Br)nc1. The van der Waals surface area contributed by atoms with Gasteiger partial charge in [0.1, 0.15) is 10.4 Å². The quantitative estimate of drug-likeness (QED) is 0.857. The number of rotatable bonds is 3. The van der Waals surface area contributed by atoms with Gasteiger partial charge in [-0.1, -0.05) is 12.1 Å². The molecule has 0 fully saturated rings. The van der Waals surface area contributed by atoms with E-state index in [0.29, 0.717) is 5.69 Å². The van der Waals surface area contributed by atoms with E-state index in [4.69, 9.17) is 5.11 Å². The highest BCUT2D eigenvalue weighted by Gasteiger charge is 2.04. The van der Waals surface area contributed by atoms with Crippen molar-refractivity contribution in [3.8, 4) is 5.75 Å². The van der Waals surface area contributed by atoms with Gasteiger partial charge in [0.15, 0.2) is 0 Å². The highest BCUT2D eigenvalue weighted by atomic mass is 79.9. The third-order valence-corrected chi connectivity index (χ3v) is 2.78. The summed E-state index contributed by atoms with van der Waals surface area (Å²) < 4.78 is 0.721. The maximum absolute atomic E-state index is 11.7. The fourth-order valence-electron chi connectivity index (χ4n) is 1.45. The zero-order valence-electron chi connectivity index (χ0n) is 9.43. The molecular formula is C13H11BrN2O2. The summed E-state index contributed by atoms with van der Waals surface area (Å²) in [5, 5.41) is 11.9. The number of phenols is 1. The molecule has 4 nitrogen and oxygen atoms in total. The van der Waals surface area contributed by atoms with Crippen molar-refractivity contribution < 1.29 is 9.90 Å². The van der Waals surface area contributed by atoms with E-state index in [0.717, 1.165) is 10.2 Å². The normalized spacial score (nSPS) is 10.1. The number of phenolic OH excluding ortho intramolecular Hbond substituents is 1. The Hall–Kier alpha value is -1.88. The van der Waals surface area contributed by atoms with Crippen LogP contribution in [0.5, 0.6) is 5.75 Å². The molecule has 18 heavy (non-hydrogen) atoms. The molecule has 1 amide bonds. The Balaban J connectivity index is 1.96. The zero-order valence-corrected chi connectivity index (χ0v) is 11.0. The van der Waals surface area contributed by atoms with Crippen LogP contribution in [0.25, 0.3) is 0 Å². The molecule has 2 aromatic rings. The van der Waals surface area contributed by atoms with E-state index < -0.39 is 0 Å². The molecule has 0 aliphatic carbocycles. The first-order valence-corrected chi connectivity index (χ1v) is 6.12. The Morgan fingerprint density at radius 1 is 1.22 bits per heavy atom. The monoisotopic (exact) mass is 306 g/mol. The van der Waals surface area contributed by atoms with E-state index in [1.165, 1.54) is 0 Å². The first-order valence-electron chi connectivity index (χ1n) is 5.33. The molecule has 0 atom stereocenters. The van der Waals surface area contributed by atoms with Crippen LogP contribution in [0.15, 0.2) is 47.2 Å². The summed E-state index contributed by atoms with van der Waals surface area (Å²) in [5.41, 5.74) is 1.50. The van der Waals surface area contributed by atoms with Gasteiger partial charge in [0.2, 0.25) is 5.91 Å². The molecule has 0 aliphatic heterocycles. The second kappa shape index (κ2) is 5.64. The second-order valence-electron chi connectivity index (χ2n) is 3.76.